The Balaban J connectivity index is 1.98. The number of hydrogen-bond acceptors (Lipinski definition) is 6. The van der Waals surface area contributed by atoms with Gasteiger partial charge in [-0.05, 0) is 44.0 Å². The molecule has 0 fully saturated rings. The first kappa shape index (κ1) is 19.9. The molecule has 0 bridgehead atoms. The van der Waals surface area contributed by atoms with Crippen molar-refractivity contribution >= 4 is 28.5 Å². The summed E-state index contributed by atoms with van der Waals surface area (Å²) >= 11 is 1.41. The molecule has 26 heavy (non-hydrogen) atoms. The summed E-state index contributed by atoms with van der Waals surface area (Å²) < 4.78 is 11.1. The van der Waals surface area contributed by atoms with Gasteiger partial charge in [0.05, 0.1) is 13.2 Å². The molecular formula is C19H25N3O3S. The molecule has 0 aliphatic rings. The van der Waals surface area contributed by atoms with Crippen molar-refractivity contribution < 1.29 is 14.3 Å². The van der Waals surface area contributed by atoms with Gasteiger partial charge < -0.3 is 9.47 Å². The van der Waals surface area contributed by atoms with Crippen molar-refractivity contribution in [3.05, 3.63) is 34.8 Å². The summed E-state index contributed by atoms with van der Waals surface area (Å²) in [5, 5.41) is 12.3. The van der Waals surface area contributed by atoms with E-state index in [0.717, 1.165) is 29.8 Å². The van der Waals surface area contributed by atoms with Crippen LogP contribution in [-0.4, -0.2) is 29.3 Å². The highest BCUT2D eigenvalue weighted by molar-refractivity contribution is 7.15. The molecule has 1 aromatic heterocycles. The molecule has 1 heterocycles. The molecule has 6 nitrogen and oxygen atoms in total. The molecule has 0 aliphatic carbocycles. The lowest BCUT2D eigenvalue weighted by atomic mass is 10.2. The lowest BCUT2D eigenvalue weighted by molar-refractivity contribution is -0.111. The monoisotopic (exact) mass is 375 g/mol. The van der Waals surface area contributed by atoms with E-state index in [4.69, 9.17) is 9.47 Å². The zero-order valence-corrected chi connectivity index (χ0v) is 16.3. The van der Waals surface area contributed by atoms with Gasteiger partial charge in [0, 0.05) is 12.5 Å². The first-order valence-corrected chi connectivity index (χ1v) is 9.69. The van der Waals surface area contributed by atoms with Crippen LogP contribution < -0.4 is 14.8 Å². The molecule has 0 atom stereocenters. The minimum atomic E-state index is -0.241. The zero-order chi connectivity index (χ0) is 18.8. The number of aromatic nitrogens is 2. The molecule has 0 spiro atoms. The van der Waals surface area contributed by atoms with E-state index in [1.165, 1.54) is 17.4 Å². The molecule has 0 saturated heterocycles. The normalized spacial score (nSPS) is 10.9. The molecule has 2 rings (SSSR count). The van der Waals surface area contributed by atoms with Crippen LogP contribution in [0.3, 0.4) is 0 Å². The second kappa shape index (κ2) is 10.6. The van der Waals surface area contributed by atoms with Crippen molar-refractivity contribution in [3.63, 3.8) is 0 Å². The summed E-state index contributed by atoms with van der Waals surface area (Å²) in [6.07, 6.45) is 6.27. The number of rotatable bonds is 10. The van der Waals surface area contributed by atoms with E-state index in [-0.39, 0.29) is 5.91 Å². The van der Waals surface area contributed by atoms with Crippen LogP contribution in [0.15, 0.2) is 24.3 Å². The summed E-state index contributed by atoms with van der Waals surface area (Å²) in [4.78, 5) is 12.1. The van der Waals surface area contributed by atoms with E-state index in [0.29, 0.717) is 29.8 Å². The number of ether oxygens (including phenoxy) is 2. The maximum atomic E-state index is 12.1. The number of aryl methyl sites for hydroxylation is 1. The Kier molecular flexibility index (Phi) is 8.08. The highest BCUT2D eigenvalue weighted by atomic mass is 32.1. The molecule has 1 aromatic carbocycles. The van der Waals surface area contributed by atoms with E-state index in [1.54, 1.807) is 6.08 Å². The fraction of sp³-hybridized carbons (Fsp3) is 0.421. The average molecular weight is 375 g/mol. The van der Waals surface area contributed by atoms with Crippen molar-refractivity contribution in [1.82, 2.24) is 10.2 Å². The maximum absolute atomic E-state index is 12.1. The van der Waals surface area contributed by atoms with Crippen LogP contribution in [0.4, 0.5) is 5.13 Å². The van der Waals surface area contributed by atoms with Gasteiger partial charge in [-0.15, -0.1) is 10.2 Å². The van der Waals surface area contributed by atoms with Crippen LogP contribution in [0, 0.1) is 0 Å². The molecule has 2 aromatic rings. The smallest absolute Gasteiger partial charge is 0.250 e. The zero-order valence-electron chi connectivity index (χ0n) is 15.4. The van der Waals surface area contributed by atoms with Crippen molar-refractivity contribution in [3.8, 4) is 11.5 Å². The number of amides is 1. The first-order valence-electron chi connectivity index (χ1n) is 8.87. The van der Waals surface area contributed by atoms with Crippen LogP contribution >= 0.6 is 11.3 Å². The molecule has 1 amide bonds. The lowest BCUT2D eigenvalue weighted by Crippen LogP contribution is -2.07. The van der Waals surface area contributed by atoms with Crippen molar-refractivity contribution in [2.45, 2.75) is 40.0 Å². The third kappa shape index (κ3) is 6.15. The van der Waals surface area contributed by atoms with Gasteiger partial charge in [-0.2, -0.15) is 0 Å². The predicted molar refractivity (Wildman–Crippen MR) is 105 cm³/mol. The lowest BCUT2D eigenvalue weighted by Gasteiger charge is -2.11. The predicted octanol–water partition coefficient (Wildman–Crippen LogP) is 4.33. The standard InChI is InChI=1S/C19H25N3O3S/c1-4-7-8-18-21-22-19(26-18)20-17(23)12-10-14-9-11-15(24-5-2)16(13-14)25-6-3/h9-13H,4-8H2,1-3H3,(H,20,22,23). The number of anilines is 1. The van der Waals surface area contributed by atoms with Gasteiger partial charge in [0.15, 0.2) is 11.5 Å². The second-order valence-electron chi connectivity index (χ2n) is 5.50. The number of carbonyl (C=O) groups excluding carboxylic acids is 1. The van der Waals surface area contributed by atoms with Crippen molar-refractivity contribution in [2.75, 3.05) is 18.5 Å². The fourth-order valence-electron chi connectivity index (χ4n) is 2.22. The Morgan fingerprint density at radius 2 is 1.92 bits per heavy atom. The molecule has 0 radical (unpaired) electrons. The van der Waals surface area contributed by atoms with Crippen LogP contribution in [0.1, 0.15) is 44.2 Å². The highest BCUT2D eigenvalue weighted by Crippen LogP contribution is 2.29. The van der Waals surface area contributed by atoms with Gasteiger partial charge in [-0.1, -0.05) is 30.7 Å². The Labute approximate surface area is 158 Å². The number of nitrogens with one attached hydrogen (secondary N) is 1. The number of nitrogens with zero attached hydrogens (tertiary/aromatic N) is 2. The van der Waals surface area contributed by atoms with Crippen LogP contribution in [0.2, 0.25) is 0 Å². The van der Waals surface area contributed by atoms with E-state index in [9.17, 15) is 4.79 Å². The van der Waals surface area contributed by atoms with E-state index in [1.807, 2.05) is 32.0 Å². The Hall–Kier alpha value is -2.41. The molecule has 140 valence electrons. The highest BCUT2D eigenvalue weighted by Gasteiger charge is 2.07. The average Bonchev–Trinajstić information content (AvgIpc) is 3.07. The molecular weight excluding hydrogens is 350 g/mol. The van der Waals surface area contributed by atoms with E-state index < -0.39 is 0 Å². The van der Waals surface area contributed by atoms with E-state index in [2.05, 4.69) is 22.4 Å². The Morgan fingerprint density at radius 1 is 1.15 bits per heavy atom. The fourth-order valence-corrected chi connectivity index (χ4v) is 3.01. The maximum Gasteiger partial charge on any atom is 0.250 e. The van der Waals surface area contributed by atoms with E-state index >= 15 is 0 Å². The third-order valence-corrected chi connectivity index (χ3v) is 4.33. The van der Waals surface area contributed by atoms with Gasteiger partial charge in [0.1, 0.15) is 5.01 Å². The van der Waals surface area contributed by atoms with Gasteiger partial charge in [0.25, 0.3) is 0 Å². The summed E-state index contributed by atoms with van der Waals surface area (Å²) in [5.74, 6) is 1.13. The third-order valence-electron chi connectivity index (χ3n) is 3.44. The number of hydrogen-bond donors (Lipinski definition) is 1. The number of carbonyl (C=O) groups is 1. The van der Waals surface area contributed by atoms with Gasteiger partial charge in [-0.3, -0.25) is 10.1 Å². The second-order valence-corrected chi connectivity index (χ2v) is 6.56. The minimum Gasteiger partial charge on any atom is -0.490 e. The van der Waals surface area contributed by atoms with Crippen LogP contribution in [-0.2, 0) is 11.2 Å². The largest absolute Gasteiger partial charge is 0.490 e. The van der Waals surface area contributed by atoms with Gasteiger partial charge >= 0.3 is 0 Å². The van der Waals surface area contributed by atoms with Crippen LogP contribution in [0.25, 0.3) is 6.08 Å². The van der Waals surface area contributed by atoms with Crippen molar-refractivity contribution in [2.24, 2.45) is 0 Å². The van der Waals surface area contributed by atoms with Gasteiger partial charge in [0.2, 0.25) is 11.0 Å². The topological polar surface area (TPSA) is 73.3 Å². The van der Waals surface area contributed by atoms with Crippen LogP contribution in [0.5, 0.6) is 11.5 Å². The Morgan fingerprint density at radius 3 is 2.65 bits per heavy atom. The summed E-state index contributed by atoms with van der Waals surface area (Å²) in [6.45, 7) is 7.09. The molecule has 7 heteroatoms. The molecule has 0 saturated carbocycles. The SMILES string of the molecule is CCCCc1nnc(NC(=O)C=Cc2ccc(OCC)c(OCC)c2)s1. The molecule has 0 unspecified atom stereocenters. The summed E-state index contributed by atoms with van der Waals surface area (Å²) in [6, 6.07) is 5.58. The number of benzene rings is 1. The van der Waals surface area contributed by atoms with Crippen molar-refractivity contribution in [1.29, 1.82) is 0 Å². The minimum absolute atomic E-state index is 0.241. The first-order chi connectivity index (χ1) is 12.7. The quantitative estimate of drug-likeness (QED) is 0.626. The molecule has 1 N–H and O–H groups in total. The molecule has 0 aliphatic heterocycles. The number of unbranched alkanes of at least 4 members (excludes halogenated alkanes) is 1. The summed E-state index contributed by atoms with van der Waals surface area (Å²) in [7, 11) is 0. The van der Waals surface area contributed by atoms with Gasteiger partial charge in [-0.25, -0.2) is 0 Å². The Bertz CT molecular complexity index is 743. The summed E-state index contributed by atoms with van der Waals surface area (Å²) in [5.41, 5.74) is 0.855.